The summed E-state index contributed by atoms with van der Waals surface area (Å²) in [6.07, 6.45) is 1.11. The lowest BCUT2D eigenvalue weighted by molar-refractivity contribution is -0.114. The number of rotatable bonds is 9. The van der Waals surface area contributed by atoms with Crippen molar-refractivity contribution in [3.8, 4) is 0 Å². The van der Waals surface area contributed by atoms with Gasteiger partial charge in [0.05, 0.1) is 6.10 Å². The molecule has 4 heteroatoms. The van der Waals surface area contributed by atoms with Crippen molar-refractivity contribution in [1.82, 2.24) is 5.32 Å². The molecule has 0 aliphatic carbocycles. The number of hydrogen-bond donors (Lipinski definition) is 2. The molecular weight excluding hydrogens is 300 g/mol. The molecule has 1 amide bonds. The third kappa shape index (κ3) is 6.52. The zero-order chi connectivity index (χ0) is 17.2. The molecule has 0 aromatic heterocycles. The average Bonchev–Trinajstić information content (AvgIpc) is 2.59. The van der Waals surface area contributed by atoms with Crippen molar-refractivity contribution in [1.29, 1.82) is 0 Å². The van der Waals surface area contributed by atoms with Gasteiger partial charge in [-0.1, -0.05) is 42.5 Å². The standard InChI is InChI=1S/C20H26N2O2/c1-16(19-7-4-3-5-8-19)24-14-6-13-21-15-18-9-11-20(12-10-18)22-17(2)23/h3-5,7-12,16,21H,6,13-15H2,1-2H3,(H,22,23)/t16-/m1/s1. The summed E-state index contributed by atoms with van der Waals surface area (Å²) in [5.74, 6) is -0.0504. The zero-order valence-corrected chi connectivity index (χ0v) is 14.4. The van der Waals surface area contributed by atoms with E-state index in [0.717, 1.165) is 31.8 Å². The van der Waals surface area contributed by atoms with Crippen LogP contribution in [0.1, 0.15) is 37.5 Å². The summed E-state index contributed by atoms with van der Waals surface area (Å²) >= 11 is 0. The summed E-state index contributed by atoms with van der Waals surface area (Å²) in [6.45, 7) is 6.06. The maximum absolute atomic E-state index is 11.0. The topological polar surface area (TPSA) is 50.4 Å². The lowest BCUT2D eigenvalue weighted by Gasteiger charge is -2.13. The Balaban J connectivity index is 1.59. The first-order chi connectivity index (χ1) is 11.6. The van der Waals surface area contributed by atoms with E-state index >= 15 is 0 Å². The Morgan fingerprint density at radius 2 is 1.79 bits per heavy atom. The highest BCUT2D eigenvalue weighted by Gasteiger charge is 2.04. The summed E-state index contributed by atoms with van der Waals surface area (Å²) in [5.41, 5.74) is 3.24. The first-order valence-corrected chi connectivity index (χ1v) is 8.39. The molecule has 2 rings (SSSR count). The molecule has 0 fully saturated rings. The van der Waals surface area contributed by atoms with Crippen LogP contribution in [0.5, 0.6) is 0 Å². The molecular formula is C20H26N2O2. The molecule has 2 N–H and O–H groups in total. The van der Waals surface area contributed by atoms with Gasteiger partial charge in [-0.2, -0.15) is 0 Å². The molecule has 0 radical (unpaired) electrons. The van der Waals surface area contributed by atoms with Crippen LogP contribution in [0.3, 0.4) is 0 Å². The van der Waals surface area contributed by atoms with E-state index in [1.807, 2.05) is 42.5 Å². The van der Waals surface area contributed by atoms with E-state index in [1.54, 1.807) is 0 Å². The number of nitrogens with one attached hydrogen (secondary N) is 2. The fourth-order valence-corrected chi connectivity index (χ4v) is 2.42. The molecule has 4 nitrogen and oxygen atoms in total. The van der Waals surface area contributed by atoms with Crippen LogP contribution in [0.2, 0.25) is 0 Å². The van der Waals surface area contributed by atoms with Crippen molar-refractivity contribution in [2.45, 2.75) is 32.9 Å². The highest BCUT2D eigenvalue weighted by molar-refractivity contribution is 5.88. The SMILES string of the molecule is CC(=O)Nc1ccc(CNCCCO[C@H](C)c2ccccc2)cc1. The molecule has 0 spiro atoms. The van der Waals surface area contributed by atoms with Crippen molar-refractivity contribution >= 4 is 11.6 Å². The van der Waals surface area contributed by atoms with Crippen molar-refractivity contribution in [2.75, 3.05) is 18.5 Å². The number of carbonyl (C=O) groups is 1. The second-order valence-corrected chi connectivity index (χ2v) is 5.83. The molecule has 0 unspecified atom stereocenters. The number of ether oxygens (including phenoxy) is 1. The predicted octanol–water partition coefficient (Wildman–Crippen LogP) is 3.90. The highest BCUT2D eigenvalue weighted by Crippen LogP contribution is 2.15. The summed E-state index contributed by atoms with van der Waals surface area (Å²) in [4.78, 5) is 11.0. The van der Waals surface area contributed by atoms with E-state index in [9.17, 15) is 4.79 Å². The Hall–Kier alpha value is -2.17. The molecule has 0 saturated carbocycles. The van der Waals surface area contributed by atoms with E-state index in [-0.39, 0.29) is 12.0 Å². The third-order valence-electron chi connectivity index (χ3n) is 3.74. The average molecular weight is 326 g/mol. The number of carbonyl (C=O) groups excluding carboxylic acids is 1. The van der Waals surface area contributed by atoms with E-state index in [2.05, 4.69) is 29.7 Å². The Kier molecular flexibility index (Phi) is 7.46. The number of anilines is 1. The lowest BCUT2D eigenvalue weighted by atomic mass is 10.1. The van der Waals surface area contributed by atoms with E-state index in [4.69, 9.17) is 4.74 Å². The normalized spacial score (nSPS) is 11.9. The zero-order valence-electron chi connectivity index (χ0n) is 14.4. The minimum atomic E-state index is -0.0504. The van der Waals surface area contributed by atoms with Crippen molar-refractivity contribution in [2.24, 2.45) is 0 Å². The molecule has 0 heterocycles. The largest absolute Gasteiger partial charge is 0.374 e. The van der Waals surface area contributed by atoms with Gasteiger partial charge in [0.25, 0.3) is 0 Å². The molecule has 1 atom stereocenters. The van der Waals surface area contributed by atoms with E-state index < -0.39 is 0 Å². The molecule has 0 aliphatic rings. The number of amides is 1. The first-order valence-electron chi connectivity index (χ1n) is 8.39. The van der Waals surface area contributed by atoms with E-state index in [1.165, 1.54) is 18.1 Å². The molecule has 2 aromatic rings. The van der Waals surface area contributed by atoms with E-state index in [0.29, 0.717) is 0 Å². The van der Waals surface area contributed by atoms with Gasteiger partial charge in [0.2, 0.25) is 5.91 Å². The van der Waals surface area contributed by atoms with Crippen molar-refractivity contribution in [3.63, 3.8) is 0 Å². The minimum Gasteiger partial charge on any atom is -0.374 e. The number of hydrogen-bond acceptors (Lipinski definition) is 3. The summed E-state index contributed by atoms with van der Waals surface area (Å²) in [5, 5.41) is 6.17. The molecule has 0 saturated heterocycles. The van der Waals surface area contributed by atoms with Crippen molar-refractivity contribution in [3.05, 3.63) is 65.7 Å². The monoisotopic (exact) mass is 326 g/mol. The minimum absolute atomic E-state index is 0.0504. The Bertz CT molecular complexity index is 611. The van der Waals surface area contributed by atoms with Gasteiger partial charge in [-0.25, -0.2) is 0 Å². The summed E-state index contributed by atoms with van der Waals surface area (Å²) in [7, 11) is 0. The van der Waals surface area contributed by atoms with Gasteiger partial charge in [0.1, 0.15) is 0 Å². The smallest absolute Gasteiger partial charge is 0.221 e. The molecule has 0 bridgehead atoms. The van der Waals surface area contributed by atoms with Gasteiger partial charge in [-0.15, -0.1) is 0 Å². The molecule has 128 valence electrons. The van der Waals surface area contributed by atoms with Gasteiger partial charge < -0.3 is 15.4 Å². The van der Waals surface area contributed by atoms with Crippen LogP contribution in [-0.2, 0) is 16.1 Å². The second-order valence-electron chi connectivity index (χ2n) is 5.83. The van der Waals surface area contributed by atoms with Crippen LogP contribution in [0, 0.1) is 0 Å². The van der Waals surface area contributed by atoms with Gasteiger partial charge in [0, 0.05) is 25.8 Å². The Morgan fingerprint density at radius 1 is 1.08 bits per heavy atom. The van der Waals surface area contributed by atoms with Crippen LogP contribution in [0.15, 0.2) is 54.6 Å². The molecule has 24 heavy (non-hydrogen) atoms. The predicted molar refractivity (Wildman–Crippen MR) is 97.9 cm³/mol. The summed E-state index contributed by atoms with van der Waals surface area (Å²) < 4.78 is 5.85. The lowest BCUT2D eigenvalue weighted by Crippen LogP contribution is -2.17. The highest BCUT2D eigenvalue weighted by atomic mass is 16.5. The van der Waals surface area contributed by atoms with Gasteiger partial charge in [0.15, 0.2) is 0 Å². The van der Waals surface area contributed by atoms with Crippen LogP contribution in [0.25, 0.3) is 0 Å². The first kappa shape index (κ1) is 18.2. The van der Waals surface area contributed by atoms with Crippen LogP contribution in [0.4, 0.5) is 5.69 Å². The maximum atomic E-state index is 11.0. The van der Waals surface area contributed by atoms with Gasteiger partial charge in [-0.3, -0.25) is 4.79 Å². The summed E-state index contributed by atoms with van der Waals surface area (Å²) in [6, 6.07) is 18.1. The molecule has 2 aromatic carbocycles. The van der Waals surface area contributed by atoms with Crippen molar-refractivity contribution < 1.29 is 9.53 Å². The maximum Gasteiger partial charge on any atom is 0.221 e. The van der Waals surface area contributed by atoms with Crippen LogP contribution in [-0.4, -0.2) is 19.1 Å². The third-order valence-corrected chi connectivity index (χ3v) is 3.74. The van der Waals surface area contributed by atoms with Crippen LogP contribution < -0.4 is 10.6 Å². The van der Waals surface area contributed by atoms with Gasteiger partial charge >= 0.3 is 0 Å². The second kappa shape index (κ2) is 9.85. The van der Waals surface area contributed by atoms with Crippen LogP contribution >= 0.6 is 0 Å². The van der Waals surface area contributed by atoms with Gasteiger partial charge in [-0.05, 0) is 43.1 Å². The fourth-order valence-electron chi connectivity index (χ4n) is 2.42. The fraction of sp³-hybridized carbons (Fsp3) is 0.350. The Labute approximate surface area is 144 Å². The number of benzene rings is 2. The molecule has 0 aliphatic heterocycles. The Morgan fingerprint density at radius 3 is 2.46 bits per heavy atom. The quantitative estimate of drug-likeness (QED) is 0.687.